The molecule has 10 heavy (non-hydrogen) atoms. The van der Waals surface area contributed by atoms with Gasteiger partial charge >= 0.3 is 0 Å². The molecule has 0 spiro atoms. The van der Waals surface area contributed by atoms with E-state index >= 15 is 0 Å². The van der Waals surface area contributed by atoms with Crippen molar-refractivity contribution in [1.82, 2.24) is 0 Å². The van der Waals surface area contributed by atoms with Gasteiger partial charge in [-0.05, 0) is 31.6 Å². The van der Waals surface area contributed by atoms with Gasteiger partial charge in [0.15, 0.2) is 0 Å². The fraction of sp³-hybridized carbons (Fsp3) is 0.667. The van der Waals surface area contributed by atoms with Crippen LogP contribution in [-0.4, -0.2) is 13.7 Å². The second-order valence-corrected chi connectivity index (χ2v) is 2.72. The molecule has 1 nitrogen and oxygen atoms in total. The first-order valence-corrected chi connectivity index (χ1v) is 3.90. The van der Waals surface area contributed by atoms with E-state index in [1.807, 2.05) is 0 Å². The van der Waals surface area contributed by atoms with Crippen molar-refractivity contribution in [3.8, 4) is 0 Å². The first-order chi connectivity index (χ1) is 4.93. The van der Waals surface area contributed by atoms with E-state index in [0.29, 0.717) is 0 Å². The second-order valence-electron chi connectivity index (χ2n) is 2.72. The van der Waals surface area contributed by atoms with Crippen molar-refractivity contribution in [1.29, 1.82) is 0 Å². The summed E-state index contributed by atoms with van der Waals surface area (Å²) in [6.07, 6.45) is 10.4. The maximum Gasteiger partial charge on any atom is 0.0496 e. The summed E-state index contributed by atoms with van der Waals surface area (Å²) >= 11 is 0. The van der Waals surface area contributed by atoms with E-state index < -0.39 is 0 Å². The topological polar surface area (TPSA) is 9.23 Å². The standard InChI is InChI=1S/C9H15O/c1-10-8-4-2-3-5-9-6-7-9/h2-3,6,9H,4-5,7-8H2,1H3. The molecular formula is C9H15O. The van der Waals surface area contributed by atoms with Crippen molar-refractivity contribution in [3.05, 3.63) is 18.6 Å². The number of hydrogen-bond donors (Lipinski definition) is 0. The second kappa shape index (κ2) is 4.51. The van der Waals surface area contributed by atoms with E-state index in [1.165, 1.54) is 12.8 Å². The van der Waals surface area contributed by atoms with E-state index in [4.69, 9.17) is 4.74 Å². The molecule has 57 valence electrons. The number of allylic oxidation sites excluding steroid dienone is 1. The molecule has 0 aromatic heterocycles. The van der Waals surface area contributed by atoms with E-state index in [-0.39, 0.29) is 0 Å². The Morgan fingerprint density at radius 1 is 1.60 bits per heavy atom. The average Bonchev–Trinajstić information content (AvgIpc) is 2.71. The molecule has 1 heteroatoms. The highest BCUT2D eigenvalue weighted by atomic mass is 16.5. The molecule has 1 radical (unpaired) electrons. The number of rotatable bonds is 5. The van der Waals surface area contributed by atoms with E-state index in [0.717, 1.165) is 18.9 Å². The highest BCUT2D eigenvalue weighted by Crippen LogP contribution is 2.30. The Hall–Kier alpha value is -0.300. The van der Waals surface area contributed by atoms with Crippen molar-refractivity contribution in [2.24, 2.45) is 5.92 Å². The number of hydrogen-bond acceptors (Lipinski definition) is 1. The van der Waals surface area contributed by atoms with Gasteiger partial charge in [-0.15, -0.1) is 0 Å². The summed E-state index contributed by atoms with van der Waals surface area (Å²) in [6.45, 7) is 0.852. The summed E-state index contributed by atoms with van der Waals surface area (Å²) in [7, 11) is 1.74. The molecule has 0 amide bonds. The van der Waals surface area contributed by atoms with Gasteiger partial charge in [0.05, 0.1) is 0 Å². The molecule has 1 fully saturated rings. The summed E-state index contributed by atoms with van der Waals surface area (Å²) in [6, 6.07) is 0. The van der Waals surface area contributed by atoms with Crippen LogP contribution in [0.2, 0.25) is 0 Å². The molecule has 0 saturated heterocycles. The van der Waals surface area contributed by atoms with Crippen LogP contribution in [0.4, 0.5) is 0 Å². The molecule has 0 aromatic rings. The molecule has 1 aliphatic carbocycles. The van der Waals surface area contributed by atoms with Crippen LogP contribution < -0.4 is 0 Å². The Morgan fingerprint density at radius 2 is 2.40 bits per heavy atom. The van der Waals surface area contributed by atoms with Gasteiger partial charge in [0.1, 0.15) is 0 Å². The number of methoxy groups -OCH3 is 1. The lowest BCUT2D eigenvalue weighted by atomic mass is 10.2. The van der Waals surface area contributed by atoms with E-state index in [9.17, 15) is 0 Å². The first kappa shape index (κ1) is 7.80. The van der Waals surface area contributed by atoms with Crippen LogP contribution in [0, 0.1) is 12.3 Å². The summed E-state index contributed by atoms with van der Waals surface area (Å²) in [5, 5.41) is 0. The van der Waals surface area contributed by atoms with Gasteiger partial charge in [0.2, 0.25) is 0 Å². The van der Waals surface area contributed by atoms with Crippen LogP contribution in [-0.2, 0) is 4.74 Å². The molecular weight excluding hydrogens is 124 g/mol. The molecule has 1 rings (SSSR count). The highest BCUT2D eigenvalue weighted by molar-refractivity contribution is 4.99. The smallest absolute Gasteiger partial charge is 0.0496 e. The van der Waals surface area contributed by atoms with Gasteiger partial charge in [-0.2, -0.15) is 0 Å². The quantitative estimate of drug-likeness (QED) is 0.419. The Bertz CT molecular complexity index is 103. The van der Waals surface area contributed by atoms with Crippen molar-refractivity contribution >= 4 is 0 Å². The third-order valence-corrected chi connectivity index (χ3v) is 1.66. The van der Waals surface area contributed by atoms with E-state index in [2.05, 4.69) is 18.6 Å². The van der Waals surface area contributed by atoms with Crippen molar-refractivity contribution in [2.75, 3.05) is 13.7 Å². The highest BCUT2D eigenvalue weighted by Gasteiger charge is 2.19. The molecule has 1 saturated carbocycles. The van der Waals surface area contributed by atoms with Crippen LogP contribution in [0.25, 0.3) is 0 Å². The first-order valence-electron chi connectivity index (χ1n) is 3.90. The molecule has 0 heterocycles. The van der Waals surface area contributed by atoms with Crippen LogP contribution in [0.5, 0.6) is 0 Å². The largest absolute Gasteiger partial charge is 0.384 e. The zero-order valence-corrected chi connectivity index (χ0v) is 6.55. The minimum Gasteiger partial charge on any atom is -0.384 e. The predicted octanol–water partition coefficient (Wildman–Crippen LogP) is 2.19. The Kier molecular flexibility index (Phi) is 3.52. The summed E-state index contributed by atoms with van der Waals surface area (Å²) in [5.41, 5.74) is 0. The van der Waals surface area contributed by atoms with Crippen molar-refractivity contribution in [2.45, 2.75) is 19.3 Å². The molecule has 1 unspecified atom stereocenters. The fourth-order valence-corrected chi connectivity index (χ4v) is 0.863. The fourth-order valence-electron chi connectivity index (χ4n) is 0.863. The van der Waals surface area contributed by atoms with Gasteiger partial charge in [-0.3, -0.25) is 0 Å². The molecule has 0 aromatic carbocycles. The lowest BCUT2D eigenvalue weighted by Gasteiger charge is -1.90. The summed E-state index contributed by atoms with van der Waals surface area (Å²) < 4.78 is 4.91. The predicted molar refractivity (Wildman–Crippen MR) is 42.7 cm³/mol. The zero-order chi connectivity index (χ0) is 7.23. The van der Waals surface area contributed by atoms with Crippen LogP contribution in [0.1, 0.15) is 19.3 Å². The van der Waals surface area contributed by atoms with Crippen molar-refractivity contribution < 1.29 is 4.74 Å². The maximum absolute atomic E-state index is 4.91. The summed E-state index contributed by atoms with van der Waals surface area (Å²) in [4.78, 5) is 0. The number of ether oxygens (including phenoxy) is 1. The SMILES string of the molecule is COCCC=CCC1[CH]C1. The summed E-state index contributed by atoms with van der Waals surface area (Å²) in [5.74, 6) is 0.902. The normalized spacial score (nSPS) is 18.5. The maximum atomic E-state index is 4.91. The molecule has 1 atom stereocenters. The van der Waals surface area contributed by atoms with Gasteiger partial charge in [0.25, 0.3) is 0 Å². The third kappa shape index (κ3) is 3.67. The molecule has 1 aliphatic rings. The Labute approximate surface area is 63.1 Å². The minimum atomic E-state index is 0.852. The lowest BCUT2D eigenvalue weighted by molar-refractivity contribution is 0.204. The lowest BCUT2D eigenvalue weighted by Crippen LogP contribution is -1.83. The minimum absolute atomic E-state index is 0.852. The van der Waals surface area contributed by atoms with Crippen LogP contribution >= 0.6 is 0 Å². The third-order valence-electron chi connectivity index (χ3n) is 1.66. The van der Waals surface area contributed by atoms with E-state index in [1.54, 1.807) is 7.11 Å². The zero-order valence-electron chi connectivity index (χ0n) is 6.55. The molecule has 0 bridgehead atoms. The van der Waals surface area contributed by atoms with Gasteiger partial charge in [-0.1, -0.05) is 12.2 Å². The van der Waals surface area contributed by atoms with Gasteiger partial charge in [0, 0.05) is 13.7 Å². The van der Waals surface area contributed by atoms with Gasteiger partial charge in [-0.25, -0.2) is 0 Å². The monoisotopic (exact) mass is 139 g/mol. The van der Waals surface area contributed by atoms with Crippen molar-refractivity contribution in [3.63, 3.8) is 0 Å². The molecule has 0 aliphatic heterocycles. The average molecular weight is 139 g/mol. The van der Waals surface area contributed by atoms with Gasteiger partial charge < -0.3 is 4.74 Å². The van der Waals surface area contributed by atoms with Crippen LogP contribution in [0.15, 0.2) is 12.2 Å². The Balaban J connectivity index is 1.84. The molecule has 0 N–H and O–H groups in total. The Morgan fingerprint density at radius 3 is 3.00 bits per heavy atom. The van der Waals surface area contributed by atoms with Crippen LogP contribution in [0.3, 0.4) is 0 Å².